The first-order valence-electron chi connectivity index (χ1n) is 11.8. The number of aromatic hydroxyl groups is 2. The van der Waals surface area contributed by atoms with Gasteiger partial charge in [0.05, 0.1) is 38.6 Å². The third-order valence-corrected chi connectivity index (χ3v) is 6.29. The van der Waals surface area contributed by atoms with Crippen LogP contribution in [0.2, 0.25) is 0 Å². The van der Waals surface area contributed by atoms with E-state index in [1.165, 1.54) is 12.1 Å². The van der Waals surface area contributed by atoms with Crippen molar-refractivity contribution >= 4 is 11.9 Å². The zero-order valence-electron chi connectivity index (χ0n) is 20.8. The number of hydrogen-bond acceptors (Lipinski definition) is 13. The minimum absolute atomic E-state index is 0.00894. The summed E-state index contributed by atoms with van der Waals surface area (Å²) in [5.41, 5.74) is 0.927. The fourth-order valence-electron chi connectivity index (χ4n) is 4.16. The van der Waals surface area contributed by atoms with Gasteiger partial charge in [-0.1, -0.05) is 12.1 Å². The second kappa shape index (κ2) is 13.0. The van der Waals surface area contributed by atoms with Gasteiger partial charge in [-0.15, -0.1) is 0 Å². The monoisotopic (exact) mass is 540 g/mol. The van der Waals surface area contributed by atoms with Gasteiger partial charge in [0.1, 0.15) is 24.4 Å². The number of aliphatic hydroxyl groups is 4. The molecule has 1 aromatic rings. The summed E-state index contributed by atoms with van der Waals surface area (Å²) in [6, 6.07) is 4.23. The fourth-order valence-corrected chi connectivity index (χ4v) is 4.16. The van der Waals surface area contributed by atoms with E-state index >= 15 is 0 Å². The summed E-state index contributed by atoms with van der Waals surface area (Å²) in [5.74, 6) is -2.89. The number of benzene rings is 1. The molecule has 0 amide bonds. The molecule has 13 heteroatoms. The second-order valence-electron chi connectivity index (χ2n) is 8.71. The molecular formula is C25H32O13. The van der Waals surface area contributed by atoms with Gasteiger partial charge in [-0.3, -0.25) is 4.79 Å². The lowest BCUT2D eigenvalue weighted by atomic mass is 9.86. The largest absolute Gasteiger partial charge is 0.504 e. The number of carbonyl (C=O) groups is 2. The normalized spacial score (nSPS) is 30.3. The average Bonchev–Trinajstić information content (AvgIpc) is 2.90. The van der Waals surface area contributed by atoms with Crippen LogP contribution in [0.3, 0.4) is 0 Å². The molecule has 2 aliphatic heterocycles. The molecule has 7 atom stereocenters. The lowest BCUT2D eigenvalue weighted by Crippen LogP contribution is -2.60. The lowest BCUT2D eigenvalue weighted by molar-refractivity contribution is -0.327. The number of phenolic OH excluding ortho intramolecular Hbond substituents is 2. The van der Waals surface area contributed by atoms with Crippen LogP contribution in [0.1, 0.15) is 18.9 Å². The van der Waals surface area contributed by atoms with Gasteiger partial charge in [0.25, 0.3) is 0 Å². The number of ether oxygens (including phenoxy) is 5. The van der Waals surface area contributed by atoms with E-state index in [0.717, 1.165) is 13.4 Å². The van der Waals surface area contributed by atoms with Crippen LogP contribution in [0.25, 0.3) is 0 Å². The number of allylic oxidation sites excluding steroid dienone is 1. The first-order chi connectivity index (χ1) is 18.1. The Morgan fingerprint density at radius 3 is 2.45 bits per heavy atom. The maximum Gasteiger partial charge on any atom is 0.337 e. The summed E-state index contributed by atoms with van der Waals surface area (Å²) in [7, 11) is 1.16. The fraction of sp³-hybridized carbons (Fsp3) is 0.520. The molecule has 1 fully saturated rings. The number of rotatable bonds is 9. The van der Waals surface area contributed by atoms with Gasteiger partial charge in [-0.05, 0) is 24.6 Å². The van der Waals surface area contributed by atoms with E-state index in [-0.39, 0.29) is 36.5 Å². The van der Waals surface area contributed by atoms with Crippen LogP contribution in [-0.4, -0.2) is 99.9 Å². The SMILES string of the molecule is C/C=C1/C(O[C@@H]2O[C@H](CO)[C@@H](O)[C@H](O)[C@H]2O)OC=C(C(=O)OC)[C@H]1CC(=O)OCCc1ccc(O)c(O)c1. The Balaban J connectivity index is 1.71. The van der Waals surface area contributed by atoms with E-state index < -0.39 is 61.5 Å². The van der Waals surface area contributed by atoms with Gasteiger partial charge in [-0.2, -0.15) is 0 Å². The Labute approximate surface area is 218 Å². The van der Waals surface area contributed by atoms with Crippen molar-refractivity contribution in [3.63, 3.8) is 0 Å². The van der Waals surface area contributed by atoms with Gasteiger partial charge in [-0.25, -0.2) is 4.79 Å². The third-order valence-electron chi connectivity index (χ3n) is 6.29. The predicted molar refractivity (Wildman–Crippen MR) is 126 cm³/mol. The molecule has 2 aliphatic rings. The van der Waals surface area contributed by atoms with Crippen molar-refractivity contribution in [2.24, 2.45) is 5.92 Å². The van der Waals surface area contributed by atoms with Crippen LogP contribution < -0.4 is 0 Å². The standard InChI is InChI=1S/C25H32O13/c1-3-13-14(9-19(29)35-7-6-12-4-5-16(27)17(28)8-12)15(23(33)34-2)11-36-24(13)38-25-22(32)21(31)20(30)18(10-26)37-25/h3-5,8,11,14,18,20-22,24-28,30-32H,6-7,9-10H2,1-2H3/b13-3+/t14-,18+,20+,21-,22+,24?,25-/m0/s1. The maximum atomic E-state index is 12.7. The minimum atomic E-state index is -1.69. The Kier molecular flexibility index (Phi) is 10.1. The van der Waals surface area contributed by atoms with E-state index in [9.17, 15) is 40.2 Å². The van der Waals surface area contributed by atoms with Crippen molar-refractivity contribution in [3.8, 4) is 11.5 Å². The number of methoxy groups -OCH3 is 1. The van der Waals surface area contributed by atoms with Gasteiger partial charge in [0, 0.05) is 17.9 Å². The highest BCUT2D eigenvalue weighted by Gasteiger charge is 2.46. The maximum absolute atomic E-state index is 12.7. The van der Waals surface area contributed by atoms with Gasteiger partial charge in [0.15, 0.2) is 17.8 Å². The molecule has 1 saturated heterocycles. The molecule has 2 heterocycles. The van der Waals surface area contributed by atoms with Crippen molar-refractivity contribution in [2.75, 3.05) is 20.3 Å². The van der Waals surface area contributed by atoms with E-state index in [4.69, 9.17) is 23.7 Å². The van der Waals surface area contributed by atoms with Gasteiger partial charge in [0.2, 0.25) is 6.29 Å². The molecule has 0 bridgehead atoms. The summed E-state index contributed by atoms with van der Waals surface area (Å²) in [4.78, 5) is 25.1. The topological polar surface area (TPSA) is 202 Å². The summed E-state index contributed by atoms with van der Waals surface area (Å²) in [6.07, 6.45) is -6.39. The Hall–Kier alpha value is -3.20. The first kappa shape index (κ1) is 29.4. The molecule has 0 saturated carbocycles. The zero-order chi connectivity index (χ0) is 28.0. The third kappa shape index (κ3) is 6.62. The summed E-state index contributed by atoms with van der Waals surface area (Å²) in [6.45, 7) is 0.912. The van der Waals surface area contributed by atoms with Crippen molar-refractivity contribution in [2.45, 2.75) is 56.8 Å². The minimum Gasteiger partial charge on any atom is -0.504 e. The van der Waals surface area contributed by atoms with Crippen molar-refractivity contribution in [3.05, 3.63) is 47.2 Å². The Bertz CT molecular complexity index is 1050. The quantitative estimate of drug-likeness (QED) is 0.131. The van der Waals surface area contributed by atoms with E-state index in [1.807, 2.05) is 0 Å². The summed E-state index contributed by atoms with van der Waals surface area (Å²) >= 11 is 0. The van der Waals surface area contributed by atoms with E-state index in [0.29, 0.717) is 11.1 Å². The number of phenols is 2. The highest BCUT2D eigenvalue weighted by Crippen LogP contribution is 2.36. The first-order valence-corrected chi connectivity index (χ1v) is 11.8. The van der Waals surface area contributed by atoms with Gasteiger partial charge < -0.3 is 54.3 Å². The summed E-state index contributed by atoms with van der Waals surface area (Å²) in [5, 5.41) is 58.8. The summed E-state index contributed by atoms with van der Waals surface area (Å²) < 4.78 is 26.7. The second-order valence-corrected chi connectivity index (χ2v) is 8.71. The highest BCUT2D eigenvalue weighted by molar-refractivity contribution is 5.90. The van der Waals surface area contributed by atoms with Crippen molar-refractivity contribution < 1.29 is 63.9 Å². The Morgan fingerprint density at radius 1 is 1.08 bits per heavy atom. The average molecular weight is 541 g/mol. The van der Waals surface area contributed by atoms with Crippen LogP contribution in [0, 0.1) is 5.92 Å². The smallest absolute Gasteiger partial charge is 0.337 e. The molecule has 3 rings (SSSR count). The molecule has 38 heavy (non-hydrogen) atoms. The van der Waals surface area contributed by atoms with Crippen molar-refractivity contribution in [1.82, 2.24) is 0 Å². The zero-order valence-corrected chi connectivity index (χ0v) is 20.8. The van der Waals surface area contributed by atoms with Gasteiger partial charge >= 0.3 is 11.9 Å². The van der Waals surface area contributed by atoms with E-state index in [2.05, 4.69) is 0 Å². The van der Waals surface area contributed by atoms with Crippen molar-refractivity contribution in [1.29, 1.82) is 0 Å². The van der Waals surface area contributed by atoms with Crippen LogP contribution in [0.15, 0.2) is 41.7 Å². The number of hydrogen-bond donors (Lipinski definition) is 6. The molecule has 1 unspecified atom stereocenters. The van der Waals surface area contributed by atoms with Crippen LogP contribution >= 0.6 is 0 Å². The number of esters is 2. The van der Waals surface area contributed by atoms with Crippen LogP contribution in [0.4, 0.5) is 0 Å². The molecule has 13 nitrogen and oxygen atoms in total. The molecule has 1 aromatic carbocycles. The predicted octanol–water partition coefficient (Wildman–Crippen LogP) is -0.634. The number of aliphatic hydroxyl groups excluding tert-OH is 4. The lowest BCUT2D eigenvalue weighted by Gasteiger charge is -2.41. The van der Waals surface area contributed by atoms with Crippen LogP contribution in [0.5, 0.6) is 11.5 Å². The molecule has 0 aliphatic carbocycles. The van der Waals surface area contributed by atoms with Crippen LogP contribution in [-0.2, 0) is 39.7 Å². The Morgan fingerprint density at radius 2 is 1.82 bits per heavy atom. The molecule has 6 N–H and O–H groups in total. The van der Waals surface area contributed by atoms with E-state index in [1.54, 1.807) is 19.1 Å². The molecule has 0 radical (unpaired) electrons. The highest BCUT2D eigenvalue weighted by atomic mass is 16.8. The number of carbonyl (C=O) groups excluding carboxylic acids is 2. The molecule has 0 spiro atoms. The molecular weight excluding hydrogens is 508 g/mol. The molecule has 210 valence electrons. The molecule has 0 aromatic heterocycles.